The van der Waals surface area contributed by atoms with Crippen LogP contribution in [0.25, 0.3) is 0 Å². The number of ether oxygens (including phenoxy) is 1. The highest BCUT2D eigenvalue weighted by Gasteiger charge is 2.07. The van der Waals surface area contributed by atoms with Gasteiger partial charge in [0.1, 0.15) is 5.75 Å². The van der Waals surface area contributed by atoms with Crippen molar-refractivity contribution in [2.75, 3.05) is 14.2 Å². The summed E-state index contributed by atoms with van der Waals surface area (Å²) < 4.78 is 5.16. The van der Waals surface area contributed by atoms with E-state index in [-0.39, 0.29) is 6.03 Å². The third kappa shape index (κ3) is 2.87. The smallest absolute Gasteiger partial charge is 0.331 e. The van der Waals surface area contributed by atoms with Crippen LogP contribution in [0.5, 0.6) is 5.75 Å². The molecule has 0 spiro atoms. The Kier molecular flexibility index (Phi) is 4.13. The van der Waals surface area contributed by atoms with Crippen molar-refractivity contribution in [3.63, 3.8) is 0 Å². The van der Waals surface area contributed by atoms with Crippen molar-refractivity contribution in [3.8, 4) is 5.75 Å². The van der Waals surface area contributed by atoms with Gasteiger partial charge in [-0.25, -0.2) is 10.6 Å². The van der Waals surface area contributed by atoms with E-state index in [4.69, 9.17) is 10.6 Å². The van der Waals surface area contributed by atoms with Gasteiger partial charge in [-0.3, -0.25) is 5.43 Å². The number of hydrogen-bond donors (Lipinski definition) is 2. The third-order valence-electron chi connectivity index (χ3n) is 2.35. The van der Waals surface area contributed by atoms with Crippen LogP contribution >= 0.6 is 0 Å². The molecule has 88 valence electrons. The van der Waals surface area contributed by atoms with Crippen LogP contribution in [0.4, 0.5) is 4.79 Å². The van der Waals surface area contributed by atoms with Gasteiger partial charge in [-0.2, -0.15) is 0 Å². The lowest BCUT2D eigenvalue weighted by molar-refractivity contribution is 0.207. The quantitative estimate of drug-likeness (QED) is 0.456. The lowest BCUT2D eigenvalue weighted by Crippen LogP contribution is -2.40. The number of carbonyl (C=O) groups is 1. The van der Waals surface area contributed by atoms with E-state index in [0.717, 1.165) is 16.9 Å². The molecule has 1 rings (SSSR count). The Labute approximate surface area is 95.2 Å². The van der Waals surface area contributed by atoms with E-state index in [0.29, 0.717) is 6.54 Å². The number of nitrogens with zero attached hydrogens (tertiary/aromatic N) is 1. The third-order valence-corrected chi connectivity index (χ3v) is 2.35. The number of hydrogen-bond acceptors (Lipinski definition) is 3. The Morgan fingerprint density at radius 3 is 2.75 bits per heavy atom. The molecule has 0 heterocycles. The fourth-order valence-corrected chi connectivity index (χ4v) is 1.49. The summed E-state index contributed by atoms with van der Waals surface area (Å²) in [6.45, 7) is 2.47. The minimum Gasteiger partial charge on any atom is -0.496 e. The Balaban J connectivity index is 2.75. The van der Waals surface area contributed by atoms with E-state index in [2.05, 4.69) is 5.43 Å². The molecule has 0 bridgehead atoms. The first-order chi connectivity index (χ1) is 7.58. The number of nitrogens with two attached hydrogens (primary N) is 1. The van der Waals surface area contributed by atoms with Crippen LogP contribution in [0.3, 0.4) is 0 Å². The minimum atomic E-state index is -0.312. The van der Waals surface area contributed by atoms with Gasteiger partial charge in [0.25, 0.3) is 0 Å². The molecular formula is C11H17N3O2. The van der Waals surface area contributed by atoms with Crippen molar-refractivity contribution in [1.29, 1.82) is 0 Å². The molecule has 0 aliphatic heterocycles. The molecule has 5 nitrogen and oxygen atoms in total. The molecule has 0 saturated carbocycles. The molecule has 0 unspecified atom stereocenters. The Morgan fingerprint density at radius 2 is 2.25 bits per heavy atom. The van der Waals surface area contributed by atoms with Crippen LogP contribution in [0, 0.1) is 6.92 Å². The van der Waals surface area contributed by atoms with Crippen LogP contribution in [-0.2, 0) is 6.54 Å². The molecule has 1 aromatic rings. The normalized spacial score (nSPS) is 9.75. The average molecular weight is 223 g/mol. The van der Waals surface area contributed by atoms with Crippen LogP contribution in [0.15, 0.2) is 18.2 Å². The van der Waals surface area contributed by atoms with E-state index in [1.165, 1.54) is 4.90 Å². The predicted molar refractivity (Wildman–Crippen MR) is 61.9 cm³/mol. The van der Waals surface area contributed by atoms with Crippen LogP contribution < -0.4 is 16.0 Å². The number of nitrogens with one attached hydrogen (secondary N) is 1. The molecule has 0 fully saturated rings. The molecule has 16 heavy (non-hydrogen) atoms. The first kappa shape index (κ1) is 12.3. The lowest BCUT2D eigenvalue weighted by Gasteiger charge is -2.17. The molecule has 1 aromatic carbocycles. The summed E-state index contributed by atoms with van der Waals surface area (Å²) in [5.74, 6) is 5.88. The summed E-state index contributed by atoms with van der Waals surface area (Å²) in [5, 5.41) is 0. The maximum Gasteiger partial charge on any atom is 0.331 e. The Hall–Kier alpha value is -1.75. The summed E-state index contributed by atoms with van der Waals surface area (Å²) in [5.41, 5.74) is 4.16. The van der Waals surface area contributed by atoms with Gasteiger partial charge < -0.3 is 9.64 Å². The fraction of sp³-hybridized carbons (Fsp3) is 0.364. The van der Waals surface area contributed by atoms with E-state index in [1.807, 2.05) is 25.1 Å². The van der Waals surface area contributed by atoms with Crippen LogP contribution in [0.2, 0.25) is 0 Å². The van der Waals surface area contributed by atoms with Gasteiger partial charge in [0.05, 0.1) is 7.11 Å². The van der Waals surface area contributed by atoms with Crippen molar-refractivity contribution >= 4 is 6.03 Å². The summed E-state index contributed by atoms with van der Waals surface area (Å²) in [4.78, 5) is 12.7. The highest BCUT2D eigenvalue weighted by atomic mass is 16.5. The van der Waals surface area contributed by atoms with Gasteiger partial charge in [-0.1, -0.05) is 12.1 Å². The zero-order chi connectivity index (χ0) is 12.1. The molecule has 3 N–H and O–H groups in total. The monoisotopic (exact) mass is 223 g/mol. The number of carbonyl (C=O) groups excluding carboxylic acids is 1. The van der Waals surface area contributed by atoms with E-state index in [9.17, 15) is 4.79 Å². The molecule has 0 aromatic heterocycles. The number of methoxy groups -OCH3 is 1. The van der Waals surface area contributed by atoms with Crippen LogP contribution in [0.1, 0.15) is 11.1 Å². The summed E-state index contributed by atoms with van der Waals surface area (Å²) in [6, 6.07) is 5.48. The highest BCUT2D eigenvalue weighted by molar-refractivity contribution is 5.73. The summed E-state index contributed by atoms with van der Waals surface area (Å²) in [6.07, 6.45) is 0. The van der Waals surface area contributed by atoms with Gasteiger partial charge in [0.2, 0.25) is 0 Å². The summed E-state index contributed by atoms with van der Waals surface area (Å²) >= 11 is 0. The molecule has 0 saturated heterocycles. The van der Waals surface area contributed by atoms with Gasteiger partial charge in [0.15, 0.2) is 0 Å². The second-order valence-electron chi connectivity index (χ2n) is 3.61. The second-order valence-corrected chi connectivity index (χ2v) is 3.61. The van der Waals surface area contributed by atoms with Crippen molar-refractivity contribution in [1.82, 2.24) is 10.3 Å². The lowest BCUT2D eigenvalue weighted by atomic mass is 10.1. The minimum absolute atomic E-state index is 0.312. The van der Waals surface area contributed by atoms with Gasteiger partial charge >= 0.3 is 6.03 Å². The van der Waals surface area contributed by atoms with Gasteiger partial charge in [0, 0.05) is 13.6 Å². The van der Waals surface area contributed by atoms with Crippen molar-refractivity contribution in [2.45, 2.75) is 13.5 Å². The number of aryl methyl sites for hydroxylation is 1. The number of urea groups is 1. The number of amides is 2. The van der Waals surface area contributed by atoms with E-state index in [1.54, 1.807) is 14.2 Å². The maximum atomic E-state index is 11.2. The summed E-state index contributed by atoms with van der Waals surface area (Å²) in [7, 11) is 3.32. The molecule has 0 atom stereocenters. The van der Waals surface area contributed by atoms with E-state index < -0.39 is 0 Å². The largest absolute Gasteiger partial charge is 0.496 e. The Morgan fingerprint density at radius 1 is 1.56 bits per heavy atom. The molecule has 0 radical (unpaired) electrons. The second kappa shape index (κ2) is 5.37. The predicted octanol–water partition coefficient (Wildman–Crippen LogP) is 1.02. The zero-order valence-electron chi connectivity index (χ0n) is 9.78. The van der Waals surface area contributed by atoms with Crippen LogP contribution in [-0.4, -0.2) is 25.1 Å². The molecule has 0 aliphatic carbocycles. The van der Waals surface area contributed by atoms with Crippen molar-refractivity contribution in [2.24, 2.45) is 5.84 Å². The maximum absolute atomic E-state index is 11.2. The van der Waals surface area contributed by atoms with Crippen molar-refractivity contribution in [3.05, 3.63) is 29.3 Å². The van der Waals surface area contributed by atoms with Gasteiger partial charge in [-0.15, -0.1) is 0 Å². The highest BCUT2D eigenvalue weighted by Crippen LogP contribution is 2.19. The topological polar surface area (TPSA) is 67.6 Å². The SMILES string of the molecule is COc1ccc(CN(C)C(=O)NN)cc1C. The molecule has 0 aliphatic rings. The van der Waals surface area contributed by atoms with Crippen molar-refractivity contribution < 1.29 is 9.53 Å². The van der Waals surface area contributed by atoms with Gasteiger partial charge in [-0.05, 0) is 24.1 Å². The first-order valence-corrected chi connectivity index (χ1v) is 4.93. The number of hydrazine groups is 1. The fourth-order valence-electron chi connectivity index (χ4n) is 1.49. The zero-order valence-corrected chi connectivity index (χ0v) is 9.78. The standard InChI is InChI=1S/C11H17N3O2/c1-8-6-9(4-5-10(8)16-3)7-14(2)11(15)13-12/h4-6H,7,12H2,1-3H3,(H,13,15). The molecular weight excluding hydrogens is 206 g/mol. The molecule has 5 heteroatoms. The number of benzene rings is 1. The average Bonchev–Trinajstić information content (AvgIpc) is 2.28. The van der Waals surface area contributed by atoms with E-state index >= 15 is 0 Å². The number of rotatable bonds is 3. The Bertz CT molecular complexity index is 379. The molecule has 2 amide bonds. The first-order valence-electron chi connectivity index (χ1n) is 4.93.